The van der Waals surface area contributed by atoms with E-state index in [9.17, 15) is 13.2 Å². The molecule has 0 aromatic heterocycles. The monoisotopic (exact) mass is 311 g/mol. The summed E-state index contributed by atoms with van der Waals surface area (Å²) in [4.78, 5) is 1.66. The third kappa shape index (κ3) is 4.21. The summed E-state index contributed by atoms with van der Waals surface area (Å²) in [5.41, 5.74) is 0.0488. The maximum Gasteiger partial charge on any atom is 0.418 e. The molecule has 0 aliphatic rings. The van der Waals surface area contributed by atoms with Crippen LogP contribution in [0.15, 0.2) is 18.2 Å². The summed E-state index contributed by atoms with van der Waals surface area (Å²) in [6.45, 7) is 1.91. The highest BCUT2D eigenvalue weighted by atomic mass is 35.5. The first-order valence-corrected chi connectivity index (χ1v) is 7.72. The van der Waals surface area contributed by atoms with Gasteiger partial charge in [0.15, 0.2) is 0 Å². The molecule has 108 valence electrons. The van der Waals surface area contributed by atoms with Crippen molar-refractivity contribution in [2.45, 2.75) is 25.0 Å². The fourth-order valence-electron chi connectivity index (χ4n) is 1.79. The van der Waals surface area contributed by atoms with Crippen molar-refractivity contribution in [2.75, 3.05) is 24.0 Å². The number of hydrogen-bond acceptors (Lipinski definition) is 2. The van der Waals surface area contributed by atoms with Crippen molar-refractivity contribution < 1.29 is 13.2 Å². The number of rotatable bonds is 5. The lowest BCUT2D eigenvalue weighted by molar-refractivity contribution is -0.137. The molecule has 0 spiro atoms. The zero-order chi connectivity index (χ0) is 14.6. The summed E-state index contributed by atoms with van der Waals surface area (Å²) in [6, 6.07) is 4.29. The molecule has 0 radical (unpaired) electrons. The Morgan fingerprint density at radius 3 is 2.47 bits per heavy atom. The van der Waals surface area contributed by atoms with Gasteiger partial charge in [-0.3, -0.25) is 0 Å². The van der Waals surface area contributed by atoms with E-state index in [1.807, 2.05) is 13.2 Å². The quantitative estimate of drug-likeness (QED) is 0.729. The fraction of sp³-hybridized carbons (Fsp3) is 0.538. The smallest absolute Gasteiger partial charge is 0.371 e. The normalized spacial score (nSPS) is 13.4. The van der Waals surface area contributed by atoms with Crippen molar-refractivity contribution in [1.82, 2.24) is 0 Å². The minimum absolute atomic E-state index is 0.0259. The number of benzene rings is 1. The first-order chi connectivity index (χ1) is 8.81. The zero-order valence-electron chi connectivity index (χ0n) is 11.1. The summed E-state index contributed by atoms with van der Waals surface area (Å²) in [5, 5.41) is 0. The van der Waals surface area contributed by atoms with Crippen LogP contribution < -0.4 is 4.90 Å². The number of anilines is 1. The van der Waals surface area contributed by atoms with E-state index in [1.54, 1.807) is 29.8 Å². The molecule has 19 heavy (non-hydrogen) atoms. The molecule has 1 aromatic rings. The van der Waals surface area contributed by atoms with E-state index in [0.717, 1.165) is 11.8 Å². The van der Waals surface area contributed by atoms with Crippen LogP contribution >= 0.6 is 23.4 Å². The van der Waals surface area contributed by atoms with Crippen molar-refractivity contribution >= 4 is 29.1 Å². The van der Waals surface area contributed by atoms with Gasteiger partial charge in [0, 0.05) is 30.4 Å². The molecule has 0 amide bonds. The molecule has 0 aliphatic carbocycles. The van der Waals surface area contributed by atoms with Gasteiger partial charge in [0.1, 0.15) is 0 Å². The molecule has 0 heterocycles. The van der Waals surface area contributed by atoms with Gasteiger partial charge in [-0.15, -0.1) is 11.6 Å². The van der Waals surface area contributed by atoms with Crippen LogP contribution in [0.25, 0.3) is 0 Å². The Morgan fingerprint density at radius 1 is 1.37 bits per heavy atom. The Morgan fingerprint density at radius 2 is 2.00 bits per heavy atom. The van der Waals surface area contributed by atoms with Crippen LogP contribution in [-0.2, 0) is 12.1 Å². The summed E-state index contributed by atoms with van der Waals surface area (Å²) >= 11 is 7.22. The number of hydrogen-bond donors (Lipinski definition) is 0. The van der Waals surface area contributed by atoms with Crippen molar-refractivity contribution in [1.29, 1.82) is 0 Å². The molecule has 0 aliphatic heterocycles. The van der Waals surface area contributed by atoms with Crippen LogP contribution in [0.2, 0.25) is 0 Å². The second kappa shape index (κ2) is 6.75. The predicted octanol–water partition coefficient (Wildman–Crippen LogP) is 4.63. The minimum Gasteiger partial charge on any atom is -0.371 e. The third-order valence-corrected chi connectivity index (χ3v) is 4.09. The van der Waals surface area contributed by atoms with E-state index in [-0.39, 0.29) is 17.6 Å². The molecule has 1 nitrogen and oxygen atoms in total. The van der Waals surface area contributed by atoms with Crippen molar-refractivity contribution in [3.8, 4) is 0 Å². The van der Waals surface area contributed by atoms with Crippen LogP contribution in [0.5, 0.6) is 0 Å². The Hall–Kier alpha value is -0.550. The van der Waals surface area contributed by atoms with Gasteiger partial charge in [0.2, 0.25) is 0 Å². The molecule has 1 atom stereocenters. The second-order valence-electron chi connectivity index (χ2n) is 4.40. The molecule has 0 saturated carbocycles. The van der Waals surface area contributed by atoms with E-state index < -0.39 is 11.7 Å². The number of nitrogens with zero attached hydrogens (tertiary/aromatic N) is 1. The average Bonchev–Trinajstić information content (AvgIpc) is 2.36. The van der Waals surface area contributed by atoms with Gasteiger partial charge in [0.25, 0.3) is 0 Å². The van der Waals surface area contributed by atoms with Gasteiger partial charge >= 0.3 is 6.18 Å². The molecular weight excluding hydrogens is 295 g/mol. The molecule has 1 unspecified atom stereocenters. The lowest BCUT2D eigenvalue weighted by Gasteiger charge is -2.29. The lowest BCUT2D eigenvalue weighted by Crippen LogP contribution is -2.32. The summed E-state index contributed by atoms with van der Waals surface area (Å²) in [6.07, 6.45) is -2.43. The van der Waals surface area contributed by atoms with Crippen molar-refractivity contribution in [2.24, 2.45) is 0 Å². The summed E-state index contributed by atoms with van der Waals surface area (Å²) in [7, 11) is 1.69. The van der Waals surface area contributed by atoms with E-state index in [4.69, 9.17) is 11.6 Å². The Labute approximate surface area is 121 Å². The third-order valence-electron chi connectivity index (χ3n) is 2.97. The lowest BCUT2D eigenvalue weighted by atomic mass is 10.1. The van der Waals surface area contributed by atoms with Crippen LogP contribution in [-0.4, -0.2) is 25.1 Å². The van der Waals surface area contributed by atoms with Gasteiger partial charge in [-0.1, -0.05) is 6.07 Å². The van der Waals surface area contributed by atoms with E-state index in [0.29, 0.717) is 5.56 Å². The summed E-state index contributed by atoms with van der Waals surface area (Å²) in [5.74, 6) is 0.846. The van der Waals surface area contributed by atoms with Gasteiger partial charge in [-0.2, -0.15) is 24.9 Å². The Kier molecular flexibility index (Phi) is 5.86. The van der Waals surface area contributed by atoms with Crippen LogP contribution in [0, 0.1) is 0 Å². The molecule has 0 saturated heterocycles. The number of alkyl halides is 4. The highest BCUT2D eigenvalue weighted by molar-refractivity contribution is 7.98. The van der Waals surface area contributed by atoms with Crippen molar-refractivity contribution in [3.05, 3.63) is 29.3 Å². The molecule has 0 N–H and O–H groups in total. The Bertz CT molecular complexity index is 423. The molecule has 0 fully saturated rings. The molecule has 0 bridgehead atoms. The molecular formula is C13H17ClF3NS. The maximum atomic E-state index is 13.1. The fourth-order valence-corrected chi connectivity index (χ4v) is 2.66. The van der Waals surface area contributed by atoms with Gasteiger partial charge in [-0.05, 0) is 30.9 Å². The molecule has 1 aromatic carbocycles. The van der Waals surface area contributed by atoms with Crippen LogP contribution in [0.1, 0.15) is 18.1 Å². The first-order valence-electron chi connectivity index (χ1n) is 5.79. The zero-order valence-corrected chi connectivity index (χ0v) is 12.7. The topological polar surface area (TPSA) is 3.24 Å². The number of halogens is 4. The second-order valence-corrected chi connectivity index (χ2v) is 5.58. The standard InChI is InChI=1S/C13H17ClF3NS/c1-9(8-19-3)18(2)12-5-4-10(7-14)6-11(12)13(15,16)17/h4-6,9H,7-8H2,1-3H3. The van der Waals surface area contributed by atoms with Crippen molar-refractivity contribution in [3.63, 3.8) is 0 Å². The average molecular weight is 312 g/mol. The summed E-state index contributed by atoms with van der Waals surface area (Å²) < 4.78 is 39.3. The molecule has 6 heteroatoms. The van der Waals surface area contributed by atoms with E-state index >= 15 is 0 Å². The minimum atomic E-state index is -4.37. The highest BCUT2D eigenvalue weighted by Gasteiger charge is 2.35. The molecule has 1 rings (SSSR count). The van der Waals surface area contributed by atoms with Crippen LogP contribution in [0.3, 0.4) is 0 Å². The van der Waals surface area contributed by atoms with E-state index in [2.05, 4.69) is 0 Å². The van der Waals surface area contributed by atoms with Crippen LogP contribution in [0.4, 0.5) is 18.9 Å². The first kappa shape index (κ1) is 16.5. The number of thioether (sulfide) groups is 1. The highest BCUT2D eigenvalue weighted by Crippen LogP contribution is 2.37. The predicted molar refractivity (Wildman–Crippen MR) is 77.2 cm³/mol. The maximum absolute atomic E-state index is 13.1. The Balaban J connectivity index is 3.19. The SMILES string of the molecule is CSCC(C)N(C)c1ccc(CCl)cc1C(F)(F)F. The van der Waals surface area contributed by atoms with Gasteiger partial charge < -0.3 is 4.90 Å². The largest absolute Gasteiger partial charge is 0.418 e. The van der Waals surface area contributed by atoms with Gasteiger partial charge in [-0.25, -0.2) is 0 Å². The van der Waals surface area contributed by atoms with Gasteiger partial charge in [0.05, 0.1) is 5.56 Å². The van der Waals surface area contributed by atoms with E-state index in [1.165, 1.54) is 6.07 Å².